The Morgan fingerprint density at radius 1 is 1.26 bits per heavy atom. The summed E-state index contributed by atoms with van der Waals surface area (Å²) in [7, 11) is 0. The third-order valence-corrected chi connectivity index (χ3v) is 4.25. The molecule has 0 spiro atoms. The maximum Gasteiger partial charge on any atom is 0.224 e. The van der Waals surface area contributed by atoms with Crippen LogP contribution in [0.2, 0.25) is 0 Å². The molecule has 0 saturated carbocycles. The van der Waals surface area contributed by atoms with Gasteiger partial charge >= 0.3 is 0 Å². The lowest BCUT2D eigenvalue weighted by Gasteiger charge is -2.26. The number of amides is 1. The molecule has 1 aliphatic rings. The minimum absolute atomic E-state index is 0.189. The predicted molar refractivity (Wildman–Crippen MR) is 90.0 cm³/mol. The molecule has 1 aromatic heterocycles. The van der Waals surface area contributed by atoms with Gasteiger partial charge in [0.2, 0.25) is 5.91 Å². The zero-order chi connectivity index (χ0) is 16.1. The average molecular weight is 308 g/mol. The summed E-state index contributed by atoms with van der Waals surface area (Å²) in [5, 5.41) is 13.5. The topological polar surface area (TPSA) is 69.0 Å². The Bertz CT molecular complexity index is 744. The van der Waals surface area contributed by atoms with Crippen molar-refractivity contribution in [2.75, 3.05) is 25.0 Å². The monoisotopic (exact) mass is 308 g/mol. The highest BCUT2D eigenvalue weighted by Gasteiger charge is 2.16. The van der Waals surface area contributed by atoms with E-state index in [1.807, 2.05) is 29.2 Å². The lowest BCUT2D eigenvalue weighted by molar-refractivity contribution is -0.131. The molecule has 23 heavy (non-hydrogen) atoms. The fraction of sp³-hybridized carbons (Fsp3) is 0.389. The third kappa shape index (κ3) is 3.42. The summed E-state index contributed by atoms with van der Waals surface area (Å²) in [6.07, 6.45) is 5.45. The minimum atomic E-state index is 0.189. The number of piperidine rings is 1. The van der Waals surface area contributed by atoms with Crippen molar-refractivity contribution in [3.05, 3.63) is 36.0 Å². The lowest BCUT2D eigenvalue weighted by Crippen LogP contribution is -2.36. The van der Waals surface area contributed by atoms with Crippen LogP contribution in [0, 0.1) is 11.3 Å². The number of pyridine rings is 1. The molecule has 5 heteroatoms. The van der Waals surface area contributed by atoms with Crippen LogP contribution >= 0.6 is 0 Å². The Labute approximate surface area is 135 Å². The second-order valence-corrected chi connectivity index (χ2v) is 5.79. The van der Waals surface area contributed by atoms with Gasteiger partial charge in [0.15, 0.2) is 0 Å². The number of rotatable bonds is 4. The number of aromatic nitrogens is 1. The molecular formula is C18H20N4O. The summed E-state index contributed by atoms with van der Waals surface area (Å²) in [6.45, 7) is 2.28. The van der Waals surface area contributed by atoms with E-state index in [-0.39, 0.29) is 5.91 Å². The van der Waals surface area contributed by atoms with Gasteiger partial charge in [0.1, 0.15) is 6.07 Å². The van der Waals surface area contributed by atoms with Crippen molar-refractivity contribution in [2.45, 2.75) is 25.7 Å². The number of carbonyl (C=O) groups excluding carboxylic acids is 1. The van der Waals surface area contributed by atoms with Gasteiger partial charge in [-0.1, -0.05) is 18.2 Å². The van der Waals surface area contributed by atoms with Crippen LogP contribution in [0.25, 0.3) is 10.9 Å². The van der Waals surface area contributed by atoms with Gasteiger partial charge in [-0.3, -0.25) is 9.78 Å². The van der Waals surface area contributed by atoms with Crippen molar-refractivity contribution in [3.63, 3.8) is 0 Å². The van der Waals surface area contributed by atoms with Crippen LogP contribution in [0.15, 0.2) is 30.5 Å². The van der Waals surface area contributed by atoms with Gasteiger partial charge in [-0.2, -0.15) is 5.26 Å². The number of anilines is 1. The third-order valence-electron chi connectivity index (χ3n) is 4.25. The van der Waals surface area contributed by atoms with Crippen molar-refractivity contribution < 1.29 is 4.79 Å². The molecule has 1 aromatic carbocycles. The number of benzene rings is 1. The van der Waals surface area contributed by atoms with E-state index in [1.54, 1.807) is 6.20 Å². The molecule has 2 aromatic rings. The molecule has 2 heterocycles. The summed E-state index contributed by atoms with van der Waals surface area (Å²) in [5.41, 5.74) is 2.12. The van der Waals surface area contributed by atoms with Crippen LogP contribution in [-0.4, -0.2) is 35.4 Å². The molecule has 1 aliphatic heterocycles. The van der Waals surface area contributed by atoms with E-state index in [1.165, 1.54) is 6.42 Å². The molecule has 1 fully saturated rings. The Hall–Kier alpha value is -2.61. The molecule has 1 N–H and O–H groups in total. The first-order valence-corrected chi connectivity index (χ1v) is 8.09. The Balaban J connectivity index is 1.69. The normalized spacial score (nSPS) is 14.5. The van der Waals surface area contributed by atoms with Crippen LogP contribution in [0.1, 0.15) is 31.2 Å². The van der Waals surface area contributed by atoms with Crippen LogP contribution in [-0.2, 0) is 4.79 Å². The van der Waals surface area contributed by atoms with Crippen molar-refractivity contribution in [2.24, 2.45) is 0 Å². The molecule has 1 saturated heterocycles. The number of hydrogen-bond acceptors (Lipinski definition) is 4. The zero-order valence-corrected chi connectivity index (χ0v) is 13.1. The Morgan fingerprint density at radius 2 is 2.04 bits per heavy atom. The van der Waals surface area contributed by atoms with E-state index in [0.717, 1.165) is 42.5 Å². The molecule has 1 amide bonds. The van der Waals surface area contributed by atoms with Crippen molar-refractivity contribution in [3.8, 4) is 6.07 Å². The van der Waals surface area contributed by atoms with E-state index in [4.69, 9.17) is 0 Å². The van der Waals surface area contributed by atoms with E-state index >= 15 is 0 Å². The van der Waals surface area contributed by atoms with Gasteiger partial charge in [0, 0.05) is 37.6 Å². The first kappa shape index (κ1) is 15.3. The van der Waals surface area contributed by atoms with E-state index in [2.05, 4.69) is 16.4 Å². The van der Waals surface area contributed by atoms with Crippen LogP contribution in [0.5, 0.6) is 0 Å². The Kier molecular flexibility index (Phi) is 4.72. The van der Waals surface area contributed by atoms with Crippen LogP contribution in [0.4, 0.5) is 5.69 Å². The maximum absolute atomic E-state index is 12.2. The fourth-order valence-corrected chi connectivity index (χ4v) is 3.01. The summed E-state index contributed by atoms with van der Waals surface area (Å²) < 4.78 is 0. The molecule has 0 aliphatic carbocycles. The second kappa shape index (κ2) is 7.10. The standard InChI is InChI=1S/C18H20N4O/c19-12-14-13-21-16-7-3-2-6-15(16)18(14)20-9-8-17(23)22-10-4-1-5-11-22/h2-3,6-7,13H,1,4-5,8-11H2,(H,20,21). The van der Waals surface area contributed by atoms with E-state index in [0.29, 0.717) is 18.5 Å². The SMILES string of the molecule is N#Cc1cnc2ccccc2c1NCCC(=O)N1CCCCC1. The summed E-state index contributed by atoms with van der Waals surface area (Å²) in [4.78, 5) is 18.5. The highest BCUT2D eigenvalue weighted by molar-refractivity contribution is 5.94. The summed E-state index contributed by atoms with van der Waals surface area (Å²) in [5.74, 6) is 0.189. The number of nitriles is 1. The van der Waals surface area contributed by atoms with Gasteiger partial charge < -0.3 is 10.2 Å². The molecule has 3 rings (SSSR count). The van der Waals surface area contributed by atoms with Gasteiger partial charge in [-0.15, -0.1) is 0 Å². The average Bonchev–Trinajstić information content (AvgIpc) is 2.62. The number of fused-ring (bicyclic) bond motifs is 1. The van der Waals surface area contributed by atoms with Gasteiger partial charge in [0.05, 0.1) is 16.8 Å². The number of carbonyl (C=O) groups is 1. The first-order chi connectivity index (χ1) is 11.3. The highest BCUT2D eigenvalue weighted by atomic mass is 16.2. The number of likely N-dealkylation sites (tertiary alicyclic amines) is 1. The minimum Gasteiger partial charge on any atom is -0.383 e. The van der Waals surface area contributed by atoms with Crippen molar-refractivity contribution in [1.82, 2.24) is 9.88 Å². The number of nitrogens with one attached hydrogen (secondary N) is 1. The fourth-order valence-electron chi connectivity index (χ4n) is 3.01. The predicted octanol–water partition coefficient (Wildman–Crippen LogP) is 2.92. The molecule has 0 unspecified atom stereocenters. The molecular weight excluding hydrogens is 288 g/mol. The van der Waals surface area contributed by atoms with E-state index in [9.17, 15) is 10.1 Å². The van der Waals surface area contributed by atoms with Gasteiger partial charge in [0.25, 0.3) is 0 Å². The van der Waals surface area contributed by atoms with Gasteiger partial charge in [-0.25, -0.2) is 0 Å². The van der Waals surface area contributed by atoms with Crippen LogP contribution in [0.3, 0.4) is 0 Å². The molecule has 5 nitrogen and oxygen atoms in total. The van der Waals surface area contributed by atoms with Crippen molar-refractivity contribution in [1.29, 1.82) is 5.26 Å². The zero-order valence-electron chi connectivity index (χ0n) is 13.1. The molecule has 118 valence electrons. The van der Waals surface area contributed by atoms with Crippen molar-refractivity contribution >= 4 is 22.5 Å². The Morgan fingerprint density at radius 3 is 2.83 bits per heavy atom. The largest absolute Gasteiger partial charge is 0.383 e. The van der Waals surface area contributed by atoms with E-state index < -0.39 is 0 Å². The summed E-state index contributed by atoms with van der Waals surface area (Å²) in [6, 6.07) is 9.88. The second-order valence-electron chi connectivity index (χ2n) is 5.79. The quantitative estimate of drug-likeness (QED) is 0.943. The molecule has 0 atom stereocenters. The van der Waals surface area contributed by atoms with Gasteiger partial charge in [-0.05, 0) is 25.3 Å². The smallest absolute Gasteiger partial charge is 0.224 e. The number of hydrogen-bond donors (Lipinski definition) is 1. The van der Waals surface area contributed by atoms with Crippen LogP contribution < -0.4 is 5.32 Å². The lowest BCUT2D eigenvalue weighted by atomic mass is 10.1. The maximum atomic E-state index is 12.2. The highest BCUT2D eigenvalue weighted by Crippen LogP contribution is 2.25. The number of nitrogens with zero attached hydrogens (tertiary/aromatic N) is 3. The summed E-state index contributed by atoms with van der Waals surface area (Å²) >= 11 is 0. The molecule has 0 bridgehead atoms. The number of para-hydroxylation sites is 1. The first-order valence-electron chi connectivity index (χ1n) is 8.09. The molecule has 0 radical (unpaired) electrons.